The van der Waals surface area contributed by atoms with Gasteiger partial charge < -0.3 is 4.42 Å². The standard InChI is InChI=1S/C50H38O/c1-27-14-20-37-34(22-27)18-16-33-17-19-35(25-42(33)37)47-38-11-7-8-12-39(38)48(40-13-9-10-28(2)45(40)47)46-29(3)15-21-44-49(46)43-26-36-23-30(4)31(5)24-41(36)32(6)50(43)51-44/h7-26H,1-6H3/i7D,8D,9D,10D,11D,12D,13D,14D,15D,16D,17D,18D,19D,20D,21D,22D,23D,24D,25D,26D. The van der Waals surface area contributed by atoms with E-state index in [0.717, 1.165) is 0 Å². The van der Waals surface area contributed by atoms with Crippen molar-refractivity contribution >= 4 is 75.8 Å². The van der Waals surface area contributed by atoms with Crippen molar-refractivity contribution in [2.75, 3.05) is 0 Å². The fourth-order valence-corrected chi connectivity index (χ4v) is 7.31. The molecule has 1 aromatic heterocycles. The van der Waals surface area contributed by atoms with Crippen LogP contribution in [0.1, 0.15) is 60.8 Å². The van der Waals surface area contributed by atoms with E-state index >= 15 is 0 Å². The molecule has 0 bridgehead atoms. The third kappa shape index (κ3) is 4.28. The Bertz CT molecular complexity index is 4200. The highest BCUT2D eigenvalue weighted by atomic mass is 16.3. The highest BCUT2D eigenvalue weighted by Gasteiger charge is 2.24. The molecule has 10 aromatic rings. The van der Waals surface area contributed by atoms with Crippen LogP contribution in [0.15, 0.2) is 125 Å². The minimum absolute atomic E-state index is 0.00817. The van der Waals surface area contributed by atoms with Gasteiger partial charge in [-0.25, -0.2) is 0 Å². The smallest absolute Gasteiger partial charge is 0.138 e. The Morgan fingerprint density at radius 2 is 1.16 bits per heavy atom. The Morgan fingerprint density at radius 3 is 2.00 bits per heavy atom. The predicted octanol–water partition coefficient (Wildman–Crippen LogP) is 14.5. The lowest BCUT2D eigenvalue weighted by molar-refractivity contribution is 0.666. The van der Waals surface area contributed by atoms with Crippen LogP contribution in [0.3, 0.4) is 0 Å². The molecular weight excluding hydrogens is 617 g/mol. The number of hydrogen-bond acceptors (Lipinski definition) is 1. The van der Waals surface area contributed by atoms with Crippen LogP contribution in [0.4, 0.5) is 0 Å². The summed E-state index contributed by atoms with van der Waals surface area (Å²) in [4.78, 5) is 0. The van der Waals surface area contributed by atoms with Gasteiger partial charge in [0.2, 0.25) is 0 Å². The topological polar surface area (TPSA) is 13.1 Å². The second-order valence-corrected chi connectivity index (χ2v) is 13.0. The van der Waals surface area contributed by atoms with E-state index < -0.39 is 113 Å². The van der Waals surface area contributed by atoms with E-state index in [1.807, 2.05) is 0 Å². The molecule has 0 radical (unpaired) electrons. The maximum atomic E-state index is 10.0. The Labute approximate surface area is 325 Å². The largest absolute Gasteiger partial charge is 0.456 e. The molecule has 0 amide bonds. The highest BCUT2D eigenvalue weighted by molar-refractivity contribution is 6.28. The summed E-state index contributed by atoms with van der Waals surface area (Å²) in [5, 5.41) is -2.25. The van der Waals surface area contributed by atoms with E-state index in [9.17, 15) is 16.4 Å². The first-order chi connectivity index (χ1) is 33.2. The average molecular weight is 675 g/mol. The molecule has 51 heavy (non-hydrogen) atoms. The van der Waals surface area contributed by atoms with Gasteiger partial charge in [0.1, 0.15) is 11.2 Å². The number of furan rings is 1. The van der Waals surface area contributed by atoms with Gasteiger partial charge in [0, 0.05) is 16.3 Å². The SMILES string of the molecule is [2H]c1c(C)c(-c2c3c([2H])c([2H])c([2H])c([2H])c3c(-c3c([2H])c([2H])c4c([2H])c([2H])c5c([2H])c(C)c([2H])c([2H])c5c4c3[2H])c3c(C)c([2H])c([2H])c([2H])c23)c2c(oc3c(C)c4c([2H])c(C)c(C)c([2H])c4c([2H])c32)c1[2H]. The van der Waals surface area contributed by atoms with E-state index in [0.29, 0.717) is 16.7 Å². The first-order valence-electron chi connectivity index (χ1n) is 26.4. The van der Waals surface area contributed by atoms with Crippen LogP contribution in [0, 0.1) is 41.5 Å². The number of hydrogen-bond donors (Lipinski definition) is 0. The first-order valence-corrected chi connectivity index (χ1v) is 16.4. The molecule has 0 saturated carbocycles. The predicted molar refractivity (Wildman–Crippen MR) is 221 cm³/mol. The van der Waals surface area contributed by atoms with Gasteiger partial charge in [-0.2, -0.15) is 0 Å². The molecule has 1 heteroatoms. The summed E-state index contributed by atoms with van der Waals surface area (Å²) in [6, 6.07) is -10.8. The van der Waals surface area contributed by atoms with Gasteiger partial charge in [0.05, 0.1) is 27.4 Å². The van der Waals surface area contributed by atoms with E-state index in [1.165, 1.54) is 20.8 Å². The minimum atomic E-state index is -0.793. The number of rotatable bonds is 2. The van der Waals surface area contributed by atoms with E-state index in [2.05, 4.69) is 0 Å². The lowest BCUT2D eigenvalue weighted by Gasteiger charge is -2.21. The fraction of sp³-hybridized carbons (Fsp3) is 0.120. The molecule has 0 saturated heterocycles. The van der Waals surface area contributed by atoms with Crippen molar-refractivity contribution in [3.8, 4) is 22.3 Å². The number of aryl methyl sites for hydroxylation is 2. The van der Waals surface area contributed by atoms with Crippen molar-refractivity contribution in [1.29, 1.82) is 0 Å². The molecule has 244 valence electrons. The van der Waals surface area contributed by atoms with Crippen molar-refractivity contribution in [2.24, 2.45) is 0 Å². The molecule has 0 spiro atoms. The molecule has 0 fully saturated rings. The summed E-state index contributed by atoms with van der Waals surface area (Å²) in [6.45, 7) is 9.26. The van der Waals surface area contributed by atoms with E-state index in [1.54, 1.807) is 20.8 Å². The van der Waals surface area contributed by atoms with Gasteiger partial charge in [-0.05, 0) is 158 Å². The summed E-state index contributed by atoms with van der Waals surface area (Å²) in [5.74, 6) is 0. The maximum absolute atomic E-state index is 10.0. The maximum Gasteiger partial charge on any atom is 0.138 e. The second kappa shape index (κ2) is 10.8. The highest BCUT2D eigenvalue weighted by Crippen LogP contribution is 2.50. The molecule has 9 aromatic carbocycles. The van der Waals surface area contributed by atoms with Gasteiger partial charge in [-0.1, -0.05) is 108 Å². The van der Waals surface area contributed by atoms with E-state index in [-0.39, 0.29) is 123 Å². The molecule has 1 heterocycles. The lowest BCUT2D eigenvalue weighted by atomic mass is 9.82. The second-order valence-electron chi connectivity index (χ2n) is 13.0. The van der Waals surface area contributed by atoms with Crippen LogP contribution >= 0.6 is 0 Å². The first kappa shape index (κ1) is 16.0. The third-order valence-electron chi connectivity index (χ3n) is 9.86. The van der Waals surface area contributed by atoms with E-state index in [4.69, 9.17) is 15.4 Å². The number of benzene rings is 9. The Morgan fingerprint density at radius 1 is 0.412 bits per heavy atom. The van der Waals surface area contributed by atoms with Crippen molar-refractivity contribution in [3.05, 3.63) is 154 Å². The molecule has 0 aliphatic carbocycles. The summed E-state index contributed by atoms with van der Waals surface area (Å²) in [5.41, 5.74) is -0.132. The van der Waals surface area contributed by atoms with Crippen LogP contribution in [-0.4, -0.2) is 0 Å². The van der Waals surface area contributed by atoms with Gasteiger partial charge >= 0.3 is 0 Å². The summed E-state index contributed by atoms with van der Waals surface area (Å²) in [7, 11) is 0. The lowest BCUT2D eigenvalue weighted by Crippen LogP contribution is -1.95. The van der Waals surface area contributed by atoms with Gasteiger partial charge in [-0.3, -0.25) is 0 Å². The normalized spacial score (nSPS) is 17.6. The molecule has 0 unspecified atom stereocenters. The molecule has 0 atom stereocenters. The molecule has 1 nitrogen and oxygen atoms in total. The molecule has 0 aliphatic heterocycles. The fourth-order valence-electron chi connectivity index (χ4n) is 7.31. The quantitative estimate of drug-likeness (QED) is 0.131. The summed E-state index contributed by atoms with van der Waals surface area (Å²) in [6.07, 6.45) is 0. The zero-order valence-corrected chi connectivity index (χ0v) is 28.4. The zero-order chi connectivity index (χ0) is 52.1. The minimum Gasteiger partial charge on any atom is -0.456 e. The van der Waals surface area contributed by atoms with Gasteiger partial charge in [-0.15, -0.1) is 0 Å². The Kier molecular flexibility index (Phi) is 3.38. The zero-order valence-electron chi connectivity index (χ0n) is 48.4. The van der Waals surface area contributed by atoms with Crippen LogP contribution in [0.5, 0.6) is 0 Å². The average Bonchev–Trinajstić information content (AvgIpc) is 3.74. The Balaban J connectivity index is 1.57. The molecule has 10 rings (SSSR count). The van der Waals surface area contributed by atoms with Crippen LogP contribution in [0.2, 0.25) is 0 Å². The molecule has 0 aliphatic rings. The molecular formula is C50H38O. The Hall–Kier alpha value is -5.92. The van der Waals surface area contributed by atoms with Crippen molar-refractivity contribution in [3.63, 3.8) is 0 Å². The van der Waals surface area contributed by atoms with Crippen LogP contribution in [0.25, 0.3) is 98.1 Å². The summed E-state index contributed by atoms with van der Waals surface area (Å²) >= 11 is 0. The van der Waals surface area contributed by atoms with Crippen LogP contribution < -0.4 is 0 Å². The van der Waals surface area contributed by atoms with Crippen molar-refractivity contribution < 1.29 is 31.8 Å². The van der Waals surface area contributed by atoms with Crippen molar-refractivity contribution in [2.45, 2.75) is 41.5 Å². The monoisotopic (exact) mass is 674 g/mol. The van der Waals surface area contributed by atoms with Gasteiger partial charge in [0.15, 0.2) is 0 Å². The molecule has 0 N–H and O–H groups in total. The van der Waals surface area contributed by atoms with Crippen LogP contribution in [-0.2, 0) is 0 Å². The third-order valence-corrected chi connectivity index (χ3v) is 9.86. The van der Waals surface area contributed by atoms with Gasteiger partial charge in [0.25, 0.3) is 0 Å². The number of fused-ring (bicyclic) bond motifs is 9. The van der Waals surface area contributed by atoms with Crippen molar-refractivity contribution in [1.82, 2.24) is 0 Å². The summed E-state index contributed by atoms with van der Waals surface area (Å²) < 4.78 is 193.